The van der Waals surface area contributed by atoms with Crippen molar-refractivity contribution >= 4 is 43.5 Å². The first-order chi connectivity index (χ1) is 21.8. The molecule has 5 rings (SSSR count). The number of anilines is 1. The molecule has 2 aliphatic rings. The van der Waals surface area contributed by atoms with Gasteiger partial charge < -0.3 is 14.8 Å². The minimum absolute atomic E-state index is 0.0517. The molecule has 0 aromatic heterocycles. The number of hydrogen-bond acceptors (Lipinski definition) is 5. The molecule has 1 aliphatic heterocycles. The maximum atomic E-state index is 13.3. The molecule has 0 atom stereocenters. The number of sulfonamides is 1. The van der Waals surface area contributed by atoms with Gasteiger partial charge in [0.2, 0.25) is 21.4 Å². The van der Waals surface area contributed by atoms with Gasteiger partial charge in [0.05, 0.1) is 34.1 Å². The van der Waals surface area contributed by atoms with E-state index in [9.17, 15) is 13.6 Å². The van der Waals surface area contributed by atoms with E-state index in [2.05, 4.69) is 38.5 Å². The number of nitrogens with zero attached hydrogens (tertiary/aromatic N) is 2. The first kappa shape index (κ1) is 34.0. The number of benzene rings is 3. The molecule has 7 nitrogen and oxygen atoms in total. The van der Waals surface area contributed by atoms with E-state index in [1.807, 2.05) is 67.5 Å². The van der Waals surface area contributed by atoms with Gasteiger partial charge in [-0.25, -0.2) is 13.1 Å². The summed E-state index contributed by atoms with van der Waals surface area (Å²) in [6.07, 6.45) is 11.7. The fourth-order valence-electron chi connectivity index (χ4n) is 7.46. The molecule has 1 N–H and O–H groups in total. The van der Waals surface area contributed by atoms with Gasteiger partial charge in [-0.15, -0.1) is 0 Å². The van der Waals surface area contributed by atoms with Crippen LogP contribution in [-0.4, -0.2) is 46.1 Å². The van der Waals surface area contributed by atoms with Gasteiger partial charge in [-0.1, -0.05) is 82.7 Å². The smallest absolute Gasteiger partial charge is 0.241 e. The van der Waals surface area contributed by atoms with E-state index in [0.717, 1.165) is 95.2 Å². The zero-order valence-electron chi connectivity index (χ0n) is 28.5. The van der Waals surface area contributed by atoms with Crippen molar-refractivity contribution < 1.29 is 17.9 Å². The van der Waals surface area contributed by atoms with Crippen molar-refractivity contribution in [2.24, 2.45) is 10.8 Å². The second kappa shape index (κ2) is 13.8. The minimum atomic E-state index is -3.58. The molecule has 1 heterocycles. The molecule has 0 saturated carbocycles. The summed E-state index contributed by atoms with van der Waals surface area (Å²) in [4.78, 5) is 2.34. The van der Waals surface area contributed by atoms with Gasteiger partial charge >= 0.3 is 0 Å². The highest BCUT2D eigenvalue weighted by Gasteiger charge is 2.48. The summed E-state index contributed by atoms with van der Waals surface area (Å²) in [5.74, 6) is 0.755. The van der Waals surface area contributed by atoms with Crippen LogP contribution < -0.4 is 14.4 Å². The SMILES string of the molecule is CN(C)c1cccc2c(S(=O)(=O)NCCCCCCCCCCOc3ccc4c(c3)[N+]([O-])=C3C4=CC(C)(C)CC3(C)C)cccc12. The predicted molar refractivity (Wildman–Crippen MR) is 191 cm³/mol. The molecular weight excluding hydrogens is 595 g/mol. The Bertz CT molecular complexity index is 1740. The van der Waals surface area contributed by atoms with Crippen LogP contribution in [0.3, 0.4) is 0 Å². The molecular formula is C38H51N3O4S. The maximum absolute atomic E-state index is 13.3. The summed E-state index contributed by atoms with van der Waals surface area (Å²) >= 11 is 0. The Morgan fingerprint density at radius 2 is 1.52 bits per heavy atom. The molecule has 0 radical (unpaired) electrons. The summed E-state index contributed by atoms with van der Waals surface area (Å²) in [5, 5.41) is 15.0. The molecule has 0 fully saturated rings. The largest absolute Gasteiger partial charge is 0.618 e. The number of nitrogens with one attached hydrogen (secondary N) is 1. The maximum Gasteiger partial charge on any atom is 0.241 e. The zero-order valence-corrected chi connectivity index (χ0v) is 29.3. The van der Waals surface area contributed by atoms with Gasteiger partial charge in [0.25, 0.3) is 0 Å². The van der Waals surface area contributed by atoms with E-state index in [-0.39, 0.29) is 10.8 Å². The van der Waals surface area contributed by atoms with Crippen LogP contribution in [-0.2, 0) is 10.0 Å². The molecule has 0 saturated heterocycles. The third-order valence-electron chi connectivity index (χ3n) is 9.27. The van der Waals surface area contributed by atoms with E-state index in [1.165, 1.54) is 6.42 Å². The second-order valence-electron chi connectivity index (χ2n) is 14.5. The monoisotopic (exact) mass is 645 g/mol. The molecule has 3 aromatic carbocycles. The number of unbranched alkanes of at least 4 members (excludes halogenated alkanes) is 7. The van der Waals surface area contributed by atoms with Crippen LogP contribution >= 0.6 is 0 Å². The Morgan fingerprint density at radius 3 is 2.24 bits per heavy atom. The van der Waals surface area contributed by atoms with Crippen LogP contribution in [0.15, 0.2) is 65.6 Å². The van der Waals surface area contributed by atoms with Crippen LogP contribution in [0.2, 0.25) is 0 Å². The van der Waals surface area contributed by atoms with Crippen molar-refractivity contribution in [3.8, 4) is 5.75 Å². The van der Waals surface area contributed by atoms with Crippen LogP contribution in [0.1, 0.15) is 91.0 Å². The summed E-state index contributed by atoms with van der Waals surface area (Å²) in [7, 11) is 0.346. The van der Waals surface area contributed by atoms with E-state index in [0.29, 0.717) is 23.7 Å². The van der Waals surface area contributed by atoms with E-state index < -0.39 is 10.0 Å². The standard InChI is InChI=1S/C38H51N3O4S/c1-37(2)26-32-30-22-21-28(25-34(30)41(42)36(32)38(3,4)27-37)45-24-14-12-10-8-7-9-11-13-23-39-46(43,44)35-20-16-17-29-31(35)18-15-19-33(29)40(5)6/h15-22,25-26,39H,7-14,23-24,27H2,1-6H3. The number of fused-ring (bicyclic) bond motifs is 4. The van der Waals surface area contributed by atoms with Crippen molar-refractivity contribution in [3.63, 3.8) is 0 Å². The Hall–Kier alpha value is -3.36. The third kappa shape index (κ3) is 7.44. The van der Waals surface area contributed by atoms with Crippen molar-refractivity contribution in [1.82, 2.24) is 4.72 Å². The lowest BCUT2D eigenvalue weighted by atomic mass is 9.65. The summed E-state index contributed by atoms with van der Waals surface area (Å²) < 4.78 is 36.2. The minimum Gasteiger partial charge on any atom is -0.618 e. The summed E-state index contributed by atoms with van der Waals surface area (Å²) in [5.41, 5.74) is 4.54. The van der Waals surface area contributed by atoms with Crippen molar-refractivity contribution in [3.05, 3.63) is 71.4 Å². The Kier molecular flexibility index (Phi) is 10.2. The highest BCUT2D eigenvalue weighted by molar-refractivity contribution is 7.89. The Balaban J connectivity index is 0.975. The van der Waals surface area contributed by atoms with Crippen molar-refractivity contribution in [1.29, 1.82) is 0 Å². The van der Waals surface area contributed by atoms with E-state index >= 15 is 0 Å². The first-order valence-corrected chi connectivity index (χ1v) is 18.3. The number of allylic oxidation sites excluding steroid dienone is 2. The van der Waals surface area contributed by atoms with E-state index in [1.54, 1.807) is 6.07 Å². The quantitative estimate of drug-likeness (QED) is 0.101. The van der Waals surface area contributed by atoms with Crippen LogP contribution in [0.25, 0.3) is 16.3 Å². The van der Waals surface area contributed by atoms with Crippen LogP contribution in [0.4, 0.5) is 11.4 Å². The normalized spacial score (nSPS) is 16.7. The fourth-order valence-corrected chi connectivity index (χ4v) is 8.75. The highest BCUT2D eigenvalue weighted by Crippen LogP contribution is 2.51. The Morgan fingerprint density at radius 1 is 0.870 bits per heavy atom. The average molecular weight is 646 g/mol. The first-order valence-electron chi connectivity index (χ1n) is 16.8. The average Bonchev–Trinajstić information content (AvgIpc) is 3.26. The van der Waals surface area contributed by atoms with Gasteiger partial charge in [-0.05, 0) is 62.8 Å². The number of ether oxygens (including phenoxy) is 1. The van der Waals surface area contributed by atoms with Gasteiger partial charge in [0.15, 0.2) is 0 Å². The second-order valence-corrected chi connectivity index (χ2v) is 16.3. The van der Waals surface area contributed by atoms with E-state index in [4.69, 9.17) is 4.74 Å². The van der Waals surface area contributed by atoms with Gasteiger partial charge in [0, 0.05) is 37.1 Å². The van der Waals surface area contributed by atoms with Gasteiger partial charge in [-0.3, -0.25) is 0 Å². The van der Waals surface area contributed by atoms with Crippen LogP contribution in [0.5, 0.6) is 5.75 Å². The molecule has 1 aliphatic carbocycles. The van der Waals surface area contributed by atoms with Crippen LogP contribution in [0, 0.1) is 16.0 Å². The third-order valence-corrected chi connectivity index (χ3v) is 10.8. The van der Waals surface area contributed by atoms with Crippen molar-refractivity contribution in [2.45, 2.75) is 90.4 Å². The predicted octanol–water partition coefficient (Wildman–Crippen LogP) is 8.82. The Labute approximate surface area is 276 Å². The lowest BCUT2D eigenvalue weighted by molar-refractivity contribution is -0.361. The lowest BCUT2D eigenvalue weighted by Crippen LogP contribution is -2.36. The molecule has 0 spiro atoms. The fraction of sp³-hybridized carbons (Fsp3) is 0.500. The highest BCUT2D eigenvalue weighted by atomic mass is 32.2. The lowest BCUT2D eigenvalue weighted by Gasteiger charge is -2.36. The molecule has 0 unspecified atom stereocenters. The molecule has 8 heteroatoms. The molecule has 248 valence electrons. The zero-order chi connectivity index (χ0) is 33.1. The van der Waals surface area contributed by atoms with Gasteiger partial charge in [0.1, 0.15) is 5.75 Å². The summed E-state index contributed by atoms with van der Waals surface area (Å²) in [6, 6.07) is 17.2. The van der Waals surface area contributed by atoms with Crippen molar-refractivity contribution in [2.75, 3.05) is 32.1 Å². The molecule has 0 bridgehead atoms. The summed E-state index contributed by atoms with van der Waals surface area (Å²) in [6.45, 7) is 9.91. The molecule has 46 heavy (non-hydrogen) atoms. The molecule has 0 amide bonds. The van der Waals surface area contributed by atoms with Gasteiger partial charge in [-0.2, -0.15) is 4.74 Å². The number of rotatable bonds is 15. The molecule has 3 aromatic rings. The number of hydrogen-bond donors (Lipinski definition) is 1. The topological polar surface area (TPSA) is 84.7 Å².